The molecule has 0 spiro atoms. The molecule has 2 aromatic carbocycles. The van der Waals surface area contributed by atoms with Crippen LogP contribution in [0.5, 0.6) is 0 Å². The van der Waals surface area contributed by atoms with Gasteiger partial charge in [0.25, 0.3) is 0 Å². The van der Waals surface area contributed by atoms with Crippen LogP contribution in [0.4, 0.5) is 0 Å². The Morgan fingerprint density at radius 2 is 1.35 bits per heavy atom. The summed E-state index contributed by atoms with van der Waals surface area (Å²) in [5, 5.41) is 0.234. The molecule has 0 amide bonds. The zero-order valence-electron chi connectivity index (χ0n) is 14.9. The molecule has 0 bridgehead atoms. The Labute approximate surface area is 142 Å². The Morgan fingerprint density at radius 1 is 0.826 bits per heavy atom. The largest absolute Gasteiger partial charge is 0.0888 e. The number of fused-ring (bicyclic) bond motifs is 3. The van der Waals surface area contributed by atoms with E-state index in [1.165, 1.54) is 24.0 Å². The lowest BCUT2D eigenvalue weighted by Gasteiger charge is -2.43. The van der Waals surface area contributed by atoms with E-state index in [1.807, 2.05) is 0 Å². The molecule has 2 aromatic rings. The van der Waals surface area contributed by atoms with Crippen LogP contribution in [0.15, 0.2) is 60.7 Å². The highest BCUT2D eigenvalue weighted by atomic mass is 28.3. The second kappa shape index (κ2) is 6.12. The molecule has 0 aromatic heterocycles. The summed E-state index contributed by atoms with van der Waals surface area (Å²) in [6, 6.07) is 18.2. The molecule has 1 heteroatoms. The molecule has 1 aliphatic carbocycles. The Hall–Kier alpha value is -1.60. The molecule has 3 rings (SSSR count). The summed E-state index contributed by atoms with van der Waals surface area (Å²) in [5.74, 6) is 0. The van der Waals surface area contributed by atoms with Crippen LogP contribution in [0.2, 0.25) is 19.6 Å². The third-order valence-corrected chi connectivity index (χ3v) is 8.78. The van der Waals surface area contributed by atoms with E-state index in [-0.39, 0.29) is 5.04 Å². The molecular formula is C22H28Si. The maximum atomic E-state index is 2.54. The lowest BCUT2D eigenvalue weighted by Crippen LogP contribution is -2.49. The van der Waals surface area contributed by atoms with Gasteiger partial charge in [0.2, 0.25) is 0 Å². The number of allylic oxidation sites excluding steroid dienone is 2. The van der Waals surface area contributed by atoms with E-state index < -0.39 is 8.07 Å². The van der Waals surface area contributed by atoms with E-state index in [4.69, 9.17) is 0 Å². The number of rotatable bonds is 5. The minimum atomic E-state index is -1.47. The highest BCUT2D eigenvalue weighted by Gasteiger charge is 2.50. The first kappa shape index (κ1) is 16.3. The molecule has 0 heterocycles. The number of hydrogen-bond donors (Lipinski definition) is 0. The maximum absolute atomic E-state index is 2.54. The molecule has 23 heavy (non-hydrogen) atoms. The SMILES string of the molecule is CCC=CCCC1([Si](C)(C)C)c2ccccc2-c2ccccc21. The lowest BCUT2D eigenvalue weighted by atomic mass is 9.90. The summed E-state index contributed by atoms with van der Waals surface area (Å²) in [6.07, 6.45) is 8.22. The second-order valence-electron chi connectivity index (χ2n) is 7.66. The molecule has 0 N–H and O–H groups in total. The third-order valence-electron chi connectivity index (χ3n) is 5.43. The van der Waals surface area contributed by atoms with Crippen LogP contribution in [0, 0.1) is 0 Å². The van der Waals surface area contributed by atoms with Crippen molar-refractivity contribution in [3.8, 4) is 11.1 Å². The van der Waals surface area contributed by atoms with Crippen molar-refractivity contribution in [2.75, 3.05) is 0 Å². The van der Waals surface area contributed by atoms with Crippen LogP contribution < -0.4 is 0 Å². The highest BCUT2D eigenvalue weighted by Crippen LogP contribution is 2.55. The fourth-order valence-electron chi connectivity index (χ4n) is 4.36. The van der Waals surface area contributed by atoms with Crippen molar-refractivity contribution in [1.82, 2.24) is 0 Å². The minimum absolute atomic E-state index is 0.234. The summed E-state index contributed by atoms with van der Waals surface area (Å²) in [6.45, 7) is 9.82. The topological polar surface area (TPSA) is 0 Å². The van der Waals surface area contributed by atoms with Gasteiger partial charge in [0.1, 0.15) is 0 Å². The van der Waals surface area contributed by atoms with Gasteiger partial charge in [-0.25, -0.2) is 0 Å². The predicted molar refractivity (Wildman–Crippen MR) is 105 cm³/mol. The fraction of sp³-hybridized carbons (Fsp3) is 0.364. The van der Waals surface area contributed by atoms with Gasteiger partial charge in [-0.3, -0.25) is 0 Å². The Bertz CT molecular complexity index is 673. The molecule has 0 atom stereocenters. The molecule has 120 valence electrons. The molecular weight excluding hydrogens is 292 g/mol. The molecule has 0 unspecified atom stereocenters. The summed E-state index contributed by atoms with van der Waals surface area (Å²) >= 11 is 0. The smallest absolute Gasteiger partial charge is 0.0613 e. The van der Waals surface area contributed by atoms with E-state index in [1.54, 1.807) is 11.1 Å². The quantitative estimate of drug-likeness (QED) is 0.431. The zero-order valence-corrected chi connectivity index (χ0v) is 15.9. The van der Waals surface area contributed by atoms with Gasteiger partial charge in [0.05, 0.1) is 8.07 Å². The molecule has 1 aliphatic rings. The first-order valence-electron chi connectivity index (χ1n) is 8.87. The van der Waals surface area contributed by atoms with Crippen molar-refractivity contribution in [2.24, 2.45) is 0 Å². The van der Waals surface area contributed by atoms with Gasteiger partial charge >= 0.3 is 0 Å². The molecule has 0 aliphatic heterocycles. The van der Waals surface area contributed by atoms with E-state index in [9.17, 15) is 0 Å². The zero-order chi connectivity index (χ0) is 16.5. The van der Waals surface area contributed by atoms with Gasteiger partial charge in [-0.05, 0) is 41.5 Å². The van der Waals surface area contributed by atoms with Crippen molar-refractivity contribution >= 4 is 8.07 Å². The second-order valence-corrected chi connectivity index (χ2v) is 13.0. The Morgan fingerprint density at radius 3 is 1.83 bits per heavy atom. The van der Waals surface area contributed by atoms with E-state index in [2.05, 4.69) is 87.2 Å². The molecule has 0 fully saturated rings. The molecule has 0 nitrogen and oxygen atoms in total. The summed E-state index contributed by atoms with van der Waals surface area (Å²) in [5.41, 5.74) is 6.07. The molecule has 0 saturated carbocycles. The van der Waals surface area contributed by atoms with Crippen molar-refractivity contribution in [3.05, 3.63) is 71.8 Å². The van der Waals surface area contributed by atoms with Crippen molar-refractivity contribution in [2.45, 2.75) is 50.9 Å². The van der Waals surface area contributed by atoms with Crippen LogP contribution in [0.25, 0.3) is 11.1 Å². The van der Waals surface area contributed by atoms with Crippen LogP contribution in [0.3, 0.4) is 0 Å². The maximum Gasteiger partial charge on any atom is 0.0613 e. The van der Waals surface area contributed by atoms with Gasteiger partial charge in [0, 0.05) is 5.04 Å². The van der Waals surface area contributed by atoms with E-state index in [0.717, 1.165) is 6.42 Å². The van der Waals surface area contributed by atoms with Gasteiger partial charge in [-0.15, -0.1) is 0 Å². The van der Waals surface area contributed by atoms with E-state index in [0.29, 0.717) is 0 Å². The van der Waals surface area contributed by atoms with Crippen LogP contribution in [-0.4, -0.2) is 8.07 Å². The highest BCUT2D eigenvalue weighted by molar-refractivity contribution is 6.80. The van der Waals surface area contributed by atoms with Crippen molar-refractivity contribution in [1.29, 1.82) is 0 Å². The Kier molecular flexibility index (Phi) is 4.33. The van der Waals surface area contributed by atoms with Gasteiger partial charge in [-0.1, -0.05) is 87.2 Å². The lowest BCUT2D eigenvalue weighted by molar-refractivity contribution is 0.640. The summed E-state index contributed by atoms with van der Waals surface area (Å²) in [4.78, 5) is 0. The predicted octanol–water partition coefficient (Wildman–Crippen LogP) is 6.58. The Balaban J connectivity index is 2.20. The fourth-order valence-corrected chi connectivity index (χ4v) is 7.31. The number of benzene rings is 2. The molecule has 0 saturated heterocycles. The normalized spacial score (nSPS) is 15.7. The van der Waals surface area contributed by atoms with Crippen molar-refractivity contribution in [3.63, 3.8) is 0 Å². The van der Waals surface area contributed by atoms with E-state index >= 15 is 0 Å². The average Bonchev–Trinajstić information content (AvgIpc) is 2.83. The third kappa shape index (κ3) is 2.51. The minimum Gasteiger partial charge on any atom is -0.0888 e. The first-order valence-corrected chi connectivity index (χ1v) is 12.4. The van der Waals surface area contributed by atoms with Gasteiger partial charge in [0.15, 0.2) is 0 Å². The summed E-state index contributed by atoms with van der Waals surface area (Å²) in [7, 11) is -1.47. The van der Waals surface area contributed by atoms with Gasteiger partial charge in [-0.2, -0.15) is 0 Å². The van der Waals surface area contributed by atoms with Crippen molar-refractivity contribution < 1.29 is 0 Å². The standard InChI is InChI=1S/C22H28Si/c1-5-6-7-12-17-22(23(2,3)4)20-15-10-8-13-18(20)19-14-9-11-16-21(19)22/h6-11,13-16H,5,12,17H2,1-4H3. The van der Waals surface area contributed by atoms with Crippen LogP contribution in [0.1, 0.15) is 37.3 Å². The molecule has 0 radical (unpaired) electrons. The first-order chi connectivity index (χ1) is 11.0. The monoisotopic (exact) mass is 320 g/mol. The van der Waals surface area contributed by atoms with Crippen LogP contribution >= 0.6 is 0 Å². The average molecular weight is 321 g/mol. The van der Waals surface area contributed by atoms with Gasteiger partial charge < -0.3 is 0 Å². The number of hydrogen-bond acceptors (Lipinski definition) is 0. The summed E-state index contributed by atoms with van der Waals surface area (Å²) < 4.78 is 0. The van der Waals surface area contributed by atoms with Crippen LogP contribution in [-0.2, 0) is 5.04 Å².